The number of nitrogens with one attached hydrogen (secondary N) is 1. The Hall–Kier alpha value is -2.28. The molecule has 0 bridgehead atoms. The van der Waals surface area contributed by atoms with Gasteiger partial charge in [-0.1, -0.05) is 17.7 Å². The van der Waals surface area contributed by atoms with E-state index in [-0.39, 0.29) is 28.9 Å². The summed E-state index contributed by atoms with van der Waals surface area (Å²) in [6.07, 6.45) is -0.0923. The molecule has 0 aliphatic carbocycles. The Morgan fingerprint density at radius 1 is 1.43 bits per heavy atom. The molecule has 0 saturated carbocycles. The molecule has 0 radical (unpaired) electrons. The molecule has 6 nitrogen and oxygen atoms in total. The van der Waals surface area contributed by atoms with Crippen LogP contribution in [0, 0.1) is 18.6 Å². The normalized spacial score (nSPS) is 10.6. The average molecular weight is 305 g/mol. The molecule has 2 N–H and O–H groups in total. The van der Waals surface area contributed by atoms with Crippen LogP contribution in [-0.2, 0) is 11.2 Å². The molecule has 1 aromatic carbocycles. The minimum Gasteiger partial charge on any atom is -0.481 e. The summed E-state index contributed by atoms with van der Waals surface area (Å²) in [5.41, 5.74) is 2.44. The summed E-state index contributed by atoms with van der Waals surface area (Å²) in [4.78, 5) is 23.1. The number of aromatic nitrogens is 3. The molecule has 1 heterocycles. The van der Waals surface area contributed by atoms with Crippen LogP contribution in [-0.4, -0.2) is 25.8 Å². The molecule has 1 aromatic heterocycles. The van der Waals surface area contributed by atoms with E-state index in [0.717, 1.165) is 11.1 Å². The Labute approximate surface area is 126 Å². The predicted molar refractivity (Wildman–Crippen MR) is 80.4 cm³/mol. The fraction of sp³-hybridized carbons (Fsp3) is 0.286. The van der Waals surface area contributed by atoms with Crippen LogP contribution in [0.25, 0.3) is 5.69 Å². The van der Waals surface area contributed by atoms with Gasteiger partial charge in [0.25, 0.3) is 5.56 Å². The molecule has 0 aliphatic rings. The van der Waals surface area contributed by atoms with Gasteiger partial charge in [0.2, 0.25) is 4.77 Å². The monoisotopic (exact) mass is 305 g/mol. The van der Waals surface area contributed by atoms with Gasteiger partial charge in [-0.3, -0.25) is 19.3 Å². The SMILES string of the molecule is Cc1ccc(-n2c(=S)[nH]nc(CCC(=O)O)c2=O)c(C)c1. The Balaban J connectivity index is 2.58. The Kier molecular flexibility index (Phi) is 4.32. The quantitative estimate of drug-likeness (QED) is 0.843. The van der Waals surface area contributed by atoms with Crippen molar-refractivity contribution in [2.24, 2.45) is 0 Å². The summed E-state index contributed by atoms with van der Waals surface area (Å²) in [6, 6.07) is 5.66. The maximum atomic E-state index is 12.5. The minimum absolute atomic E-state index is 0.0607. The second-order valence-electron chi connectivity index (χ2n) is 4.80. The van der Waals surface area contributed by atoms with Crippen LogP contribution in [0.4, 0.5) is 0 Å². The largest absolute Gasteiger partial charge is 0.481 e. The van der Waals surface area contributed by atoms with Crippen LogP contribution >= 0.6 is 12.2 Å². The van der Waals surface area contributed by atoms with Gasteiger partial charge in [-0.25, -0.2) is 0 Å². The lowest BCUT2D eigenvalue weighted by atomic mass is 10.1. The topological polar surface area (TPSA) is 88.0 Å². The van der Waals surface area contributed by atoms with E-state index in [0.29, 0.717) is 5.69 Å². The molecule has 0 saturated heterocycles. The second-order valence-corrected chi connectivity index (χ2v) is 5.19. The average Bonchev–Trinajstić information content (AvgIpc) is 2.40. The van der Waals surface area contributed by atoms with Crippen molar-refractivity contribution in [3.8, 4) is 5.69 Å². The number of H-pyrrole nitrogens is 1. The van der Waals surface area contributed by atoms with E-state index in [1.165, 1.54) is 4.57 Å². The van der Waals surface area contributed by atoms with Crippen molar-refractivity contribution in [1.29, 1.82) is 0 Å². The number of hydrogen-bond acceptors (Lipinski definition) is 4. The lowest BCUT2D eigenvalue weighted by Crippen LogP contribution is -2.27. The zero-order chi connectivity index (χ0) is 15.6. The van der Waals surface area contributed by atoms with Crippen molar-refractivity contribution < 1.29 is 9.90 Å². The third-order valence-corrected chi connectivity index (χ3v) is 3.38. The molecule has 0 atom stereocenters. The smallest absolute Gasteiger partial charge is 0.303 e. The van der Waals surface area contributed by atoms with Crippen molar-refractivity contribution in [3.05, 3.63) is 50.1 Å². The fourth-order valence-corrected chi connectivity index (χ4v) is 2.32. The lowest BCUT2D eigenvalue weighted by Gasteiger charge is -2.11. The van der Waals surface area contributed by atoms with Gasteiger partial charge in [-0.2, -0.15) is 5.10 Å². The van der Waals surface area contributed by atoms with Crippen molar-refractivity contribution in [3.63, 3.8) is 0 Å². The van der Waals surface area contributed by atoms with E-state index in [1.807, 2.05) is 32.0 Å². The van der Waals surface area contributed by atoms with Crippen LogP contribution in [0.3, 0.4) is 0 Å². The Morgan fingerprint density at radius 2 is 2.14 bits per heavy atom. The van der Waals surface area contributed by atoms with E-state index >= 15 is 0 Å². The number of rotatable bonds is 4. The maximum absolute atomic E-state index is 12.5. The molecule has 0 unspecified atom stereocenters. The molecule has 2 rings (SSSR count). The van der Waals surface area contributed by atoms with Crippen molar-refractivity contribution in [2.75, 3.05) is 0 Å². The number of aromatic amines is 1. The molecule has 0 spiro atoms. The summed E-state index contributed by atoms with van der Waals surface area (Å²) in [5.74, 6) is -0.975. The first kappa shape index (κ1) is 15.1. The third kappa shape index (κ3) is 3.25. The molecule has 21 heavy (non-hydrogen) atoms. The Bertz CT molecular complexity index is 808. The number of aliphatic carboxylic acids is 1. The van der Waals surface area contributed by atoms with Gasteiger partial charge in [-0.15, -0.1) is 0 Å². The van der Waals surface area contributed by atoms with Crippen LogP contribution in [0.5, 0.6) is 0 Å². The number of aryl methyl sites for hydroxylation is 3. The number of nitrogens with zero attached hydrogens (tertiary/aromatic N) is 2. The number of carboxylic acids is 1. The molecule has 0 fully saturated rings. The van der Waals surface area contributed by atoms with Crippen LogP contribution < -0.4 is 5.56 Å². The molecule has 110 valence electrons. The molecular weight excluding hydrogens is 290 g/mol. The number of benzene rings is 1. The zero-order valence-corrected chi connectivity index (χ0v) is 12.5. The summed E-state index contributed by atoms with van der Waals surface area (Å²) >= 11 is 5.14. The van der Waals surface area contributed by atoms with E-state index in [1.54, 1.807) is 0 Å². The summed E-state index contributed by atoms with van der Waals surface area (Å²) in [5, 5.41) is 15.2. The highest BCUT2D eigenvalue weighted by molar-refractivity contribution is 7.71. The zero-order valence-electron chi connectivity index (χ0n) is 11.7. The highest BCUT2D eigenvalue weighted by Crippen LogP contribution is 2.14. The van der Waals surface area contributed by atoms with Gasteiger partial charge >= 0.3 is 5.97 Å². The molecule has 0 aliphatic heterocycles. The van der Waals surface area contributed by atoms with Gasteiger partial charge in [0.05, 0.1) is 12.1 Å². The summed E-state index contributed by atoms with van der Waals surface area (Å²) in [6.45, 7) is 3.85. The number of carbonyl (C=O) groups is 1. The highest BCUT2D eigenvalue weighted by Gasteiger charge is 2.12. The van der Waals surface area contributed by atoms with Crippen molar-refractivity contribution in [1.82, 2.24) is 14.8 Å². The molecule has 0 amide bonds. The molecule has 2 aromatic rings. The second kappa shape index (κ2) is 6.01. The standard InChI is InChI=1S/C14H15N3O3S/c1-8-3-5-11(9(2)7-8)17-13(20)10(4-6-12(18)19)15-16-14(17)21/h3,5,7H,4,6H2,1-2H3,(H,16,21)(H,18,19). The van der Waals surface area contributed by atoms with Gasteiger partial charge in [0.1, 0.15) is 5.69 Å². The molecule has 7 heteroatoms. The van der Waals surface area contributed by atoms with Gasteiger partial charge in [0, 0.05) is 6.42 Å². The van der Waals surface area contributed by atoms with Crippen molar-refractivity contribution >= 4 is 18.2 Å². The fourth-order valence-electron chi connectivity index (χ4n) is 2.10. The van der Waals surface area contributed by atoms with E-state index < -0.39 is 5.97 Å². The predicted octanol–water partition coefficient (Wildman–Crippen LogP) is 1.92. The van der Waals surface area contributed by atoms with Gasteiger partial charge < -0.3 is 5.11 Å². The van der Waals surface area contributed by atoms with E-state index in [2.05, 4.69) is 10.2 Å². The first-order chi connectivity index (χ1) is 9.90. The molecular formula is C14H15N3O3S. The van der Waals surface area contributed by atoms with Gasteiger partial charge in [0.15, 0.2) is 0 Å². The first-order valence-corrected chi connectivity index (χ1v) is 6.81. The minimum atomic E-state index is -0.975. The third-order valence-electron chi connectivity index (χ3n) is 3.11. The van der Waals surface area contributed by atoms with E-state index in [4.69, 9.17) is 17.3 Å². The van der Waals surface area contributed by atoms with Crippen LogP contribution in [0.2, 0.25) is 0 Å². The van der Waals surface area contributed by atoms with E-state index in [9.17, 15) is 9.59 Å². The number of hydrogen-bond donors (Lipinski definition) is 2. The maximum Gasteiger partial charge on any atom is 0.303 e. The van der Waals surface area contributed by atoms with Gasteiger partial charge in [-0.05, 0) is 37.7 Å². The first-order valence-electron chi connectivity index (χ1n) is 6.40. The van der Waals surface area contributed by atoms with Crippen molar-refractivity contribution in [2.45, 2.75) is 26.7 Å². The van der Waals surface area contributed by atoms with Crippen LogP contribution in [0.15, 0.2) is 23.0 Å². The van der Waals surface area contributed by atoms with Crippen LogP contribution in [0.1, 0.15) is 23.2 Å². The summed E-state index contributed by atoms with van der Waals surface area (Å²) in [7, 11) is 0. The summed E-state index contributed by atoms with van der Waals surface area (Å²) < 4.78 is 1.54. The highest BCUT2D eigenvalue weighted by atomic mass is 32.1. The number of carboxylic acid groups (broad SMARTS) is 1. The Morgan fingerprint density at radius 3 is 2.76 bits per heavy atom. The lowest BCUT2D eigenvalue weighted by molar-refractivity contribution is -0.136.